The van der Waals surface area contributed by atoms with Crippen LogP contribution in [0.2, 0.25) is 0 Å². The first kappa shape index (κ1) is 17.3. The molecule has 0 aromatic rings. The van der Waals surface area contributed by atoms with Gasteiger partial charge in [0, 0.05) is 0 Å². The van der Waals surface area contributed by atoms with Crippen LogP contribution < -0.4 is 0 Å². The Balaban J connectivity index is 1.84. The van der Waals surface area contributed by atoms with Crippen molar-refractivity contribution >= 4 is 0 Å². The standard InChI is InChI=1S/C20H38O/c1-3-5-14-18(4-2)17-20-16-13-11-9-7-6-8-10-12-15-19(20)21-20/h18-19H,3-17H2,1-2H3. The quantitative estimate of drug-likeness (QED) is 0.500. The van der Waals surface area contributed by atoms with E-state index in [0.29, 0.717) is 11.7 Å². The zero-order chi connectivity index (χ0) is 15.0. The average molecular weight is 295 g/mol. The predicted octanol–water partition coefficient (Wildman–Crippen LogP) is 6.65. The van der Waals surface area contributed by atoms with Gasteiger partial charge in [-0.3, -0.25) is 0 Å². The van der Waals surface area contributed by atoms with E-state index in [-0.39, 0.29) is 0 Å². The Morgan fingerprint density at radius 2 is 1.62 bits per heavy atom. The van der Waals surface area contributed by atoms with E-state index in [1.165, 1.54) is 96.3 Å². The normalized spacial score (nSPS) is 32.6. The van der Waals surface area contributed by atoms with Gasteiger partial charge in [0.25, 0.3) is 0 Å². The minimum absolute atomic E-state index is 0.313. The zero-order valence-electron chi connectivity index (χ0n) is 14.7. The maximum absolute atomic E-state index is 6.33. The molecule has 2 aliphatic rings. The van der Waals surface area contributed by atoms with E-state index in [9.17, 15) is 0 Å². The SMILES string of the molecule is CCCCC(CC)CC12CCCCCCCCCCC1O2. The lowest BCUT2D eigenvalue weighted by molar-refractivity contribution is 0.221. The van der Waals surface area contributed by atoms with E-state index in [2.05, 4.69) is 13.8 Å². The van der Waals surface area contributed by atoms with Crippen molar-refractivity contribution in [1.29, 1.82) is 0 Å². The highest BCUT2D eigenvalue weighted by Gasteiger charge is 2.55. The molecule has 1 saturated heterocycles. The number of unbranched alkanes of at least 4 members (excludes halogenated alkanes) is 1. The summed E-state index contributed by atoms with van der Waals surface area (Å²) in [6, 6.07) is 0. The van der Waals surface area contributed by atoms with Gasteiger partial charge < -0.3 is 4.74 Å². The molecule has 2 fully saturated rings. The molecular formula is C20H38O. The third-order valence-corrected chi connectivity index (χ3v) is 5.90. The lowest BCUT2D eigenvalue weighted by atomic mass is 9.82. The molecule has 0 spiro atoms. The summed E-state index contributed by atoms with van der Waals surface area (Å²) in [7, 11) is 0. The largest absolute Gasteiger partial charge is 0.366 e. The van der Waals surface area contributed by atoms with Crippen molar-refractivity contribution in [2.75, 3.05) is 0 Å². The van der Waals surface area contributed by atoms with Gasteiger partial charge in [-0.25, -0.2) is 0 Å². The van der Waals surface area contributed by atoms with Crippen LogP contribution in [0.15, 0.2) is 0 Å². The van der Waals surface area contributed by atoms with E-state index in [1.807, 2.05) is 0 Å². The molecule has 0 aromatic carbocycles. The molecule has 0 N–H and O–H groups in total. The molecule has 1 nitrogen and oxygen atoms in total. The first-order valence-corrected chi connectivity index (χ1v) is 9.98. The molecule has 1 aliphatic heterocycles. The fourth-order valence-corrected chi connectivity index (χ4v) is 4.32. The van der Waals surface area contributed by atoms with Crippen LogP contribution in [0.25, 0.3) is 0 Å². The maximum atomic E-state index is 6.33. The van der Waals surface area contributed by atoms with Crippen LogP contribution in [0.3, 0.4) is 0 Å². The highest BCUT2D eigenvalue weighted by atomic mass is 16.6. The molecule has 0 aromatic heterocycles. The van der Waals surface area contributed by atoms with Crippen LogP contribution in [0.5, 0.6) is 0 Å². The van der Waals surface area contributed by atoms with E-state index in [4.69, 9.17) is 4.74 Å². The summed E-state index contributed by atoms with van der Waals surface area (Å²) in [6.45, 7) is 4.70. The molecule has 0 radical (unpaired) electrons. The van der Waals surface area contributed by atoms with Crippen molar-refractivity contribution in [3.63, 3.8) is 0 Å². The van der Waals surface area contributed by atoms with E-state index in [0.717, 1.165) is 5.92 Å². The van der Waals surface area contributed by atoms with Crippen LogP contribution in [0.1, 0.15) is 110 Å². The third-order valence-electron chi connectivity index (χ3n) is 5.90. The van der Waals surface area contributed by atoms with Gasteiger partial charge in [0.05, 0.1) is 11.7 Å². The first-order valence-electron chi connectivity index (χ1n) is 9.98. The molecule has 0 amide bonds. The van der Waals surface area contributed by atoms with Crippen molar-refractivity contribution in [2.45, 2.75) is 122 Å². The Morgan fingerprint density at radius 1 is 0.952 bits per heavy atom. The van der Waals surface area contributed by atoms with E-state index < -0.39 is 0 Å². The Morgan fingerprint density at radius 3 is 2.29 bits per heavy atom. The van der Waals surface area contributed by atoms with Gasteiger partial charge in [-0.15, -0.1) is 0 Å². The summed E-state index contributed by atoms with van der Waals surface area (Å²) >= 11 is 0. The van der Waals surface area contributed by atoms with Crippen LogP contribution in [0.4, 0.5) is 0 Å². The summed E-state index contributed by atoms with van der Waals surface area (Å²) in [4.78, 5) is 0. The lowest BCUT2D eigenvalue weighted by Crippen LogP contribution is -2.20. The molecule has 3 atom stereocenters. The molecule has 1 saturated carbocycles. The first-order chi connectivity index (χ1) is 10.3. The topological polar surface area (TPSA) is 12.5 Å². The van der Waals surface area contributed by atoms with Gasteiger partial charge in [0.15, 0.2) is 0 Å². The maximum Gasteiger partial charge on any atom is 0.0951 e. The summed E-state index contributed by atoms with van der Waals surface area (Å²) in [5.74, 6) is 0.905. The average Bonchev–Trinajstić information content (AvgIpc) is 3.16. The second kappa shape index (κ2) is 9.18. The number of ether oxygens (including phenoxy) is 1. The van der Waals surface area contributed by atoms with Crippen LogP contribution in [0, 0.1) is 5.92 Å². The zero-order valence-corrected chi connectivity index (χ0v) is 14.7. The Hall–Kier alpha value is -0.0400. The fourth-order valence-electron chi connectivity index (χ4n) is 4.32. The summed E-state index contributed by atoms with van der Waals surface area (Å²) in [5, 5.41) is 0. The van der Waals surface area contributed by atoms with Crippen molar-refractivity contribution in [1.82, 2.24) is 0 Å². The second-order valence-corrected chi connectivity index (χ2v) is 7.66. The Bertz CT molecular complexity index is 275. The molecule has 0 bridgehead atoms. The lowest BCUT2D eigenvalue weighted by Gasteiger charge is -2.21. The monoisotopic (exact) mass is 294 g/mol. The van der Waals surface area contributed by atoms with E-state index in [1.54, 1.807) is 0 Å². The molecule has 2 rings (SSSR count). The van der Waals surface area contributed by atoms with Crippen LogP contribution in [-0.4, -0.2) is 11.7 Å². The number of hydrogen-bond donors (Lipinski definition) is 0. The third kappa shape index (κ3) is 5.58. The van der Waals surface area contributed by atoms with Gasteiger partial charge in [0.2, 0.25) is 0 Å². The molecule has 1 aliphatic carbocycles. The van der Waals surface area contributed by atoms with Gasteiger partial charge in [-0.05, 0) is 25.2 Å². The Kier molecular flexibility index (Phi) is 7.57. The van der Waals surface area contributed by atoms with Crippen LogP contribution >= 0.6 is 0 Å². The van der Waals surface area contributed by atoms with Crippen molar-refractivity contribution < 1.29 is 4.74 Å². The van der Waals surface area contributed by atoms with Gasteiger partial charge in [-0.1, -0.05) is 90.9 Å². The number of fused-ring (bicyclic) bond motifs is 1. The van der Waals surface area contributed by atoms with Gasteiger partial charge in [0.1, 0.15) is 0 Å². The van der Waals surface area contributed by atoms with Crippen molar-refractivity contribution in [2.24, 2.45) is 5.92 Å². The van der Waals surface area contributed by atoms with Crippen molar-refractivity contribution in [3.8, 4) is 0 Å². The second-order valence-electron chi connectivity index (χ2n) is 7.66. The Labute approximate surface area is 133 Å². The number of epoxide rings is 1. The summed E-state index contributed by atoms with van der Waals surface area (Å²) < 4.78 is 6.33. The molecule has 124 valence electrons. The fraction of sp³-hybridized carbons (Fsp3) is 1.00. The smallest absolute Gasteiger partial charge is 0.0951 e. The molecule has 1 heterocycles. The minimum atomic E-state index is 0.313. The predicted molar refractivity (Wildman–Crippen MR) is 91.7 cm³/mol. The van der Waals surface area contributed by atoms with Crippen molar-refractivity contribution in [3.05, 3.63) is 0 Å². The van der Waals surface area contributed by atoms with Gasteiger partial charge >= 0.3 is 0 Å². The number of rotatable bonds is 6. The van der Waals surface area contributed by atoms with Gasteiger partial charge in [-0.2, -0.15) is 0 Å². The summed E-state index contributed by atoms with van der Waals surface area (Å²) in [5.41, 5.74) is 0.313. The molecule has 1 heteroatoms. The van der Waals surface area contributed by atoms with Crippen LogP contribution in [-0.2, 0) is 4.74 Å². The van der Waals surface area contributed by atoms with E-state index >= 15 is 0 Å². The molecular weight excluding hydrogens is 256 g/mol. The minimum Gasteiger partial charge on any atom is -0.366 e. The molecule has 3 unspecified atom stereocenters. The highest BCUT2D eigenvalue weighted by Crippen LogP contribution is 2.49. The summed E-state index contributed by atoms with van der Waals surface area (Å²) in [6.07, 6.45) is 21.7. The molecule has 21 heavy (non-hydrogen) atoms. The highest BCUT2D eigenvalue weighted by molar-refractivity contribution is 5.03. The number of hydrogen-bond acceptors (Lipinski definition) is 1.